The van der Waals surface area contributed by atoms with Crippen molar-refractivity contribution >= 4 is 33.5 Å². The van der Waals surface area contributed by atoms with Gasteiger partial charge in [-0.15, -0.1) is 11.3 Å². The molecule has 2 heterocycles. The fraction of sp³-hybridized carbons (Fsp3) is 0.192. The molecule has 4 aromatic rings. The molecule has 0 atom stereocenters. The number of rotatable bonds is 6. The first kappa shape index (κ1) is 20.4. The van der Waals surface area contributed by atoms with Crippen LogP contribution in [-0.2, 0) is 0 Å². The van der Waals surface area contributed by atoms with Crippen LogP contribution in [0.5, 0.6) is 11.5 Å². The van der Waals surface area contributed by atoms with Crippen molar-refractivity contribution in [3.05, 3.63) is 78.2 Å². The van der Waals surface area contributed by atoms with Gasteiger partial charge in [-0.3, -0.25) is 0 Å². The lowest BCUT2D eigenvalue weighted by atomic mass is 10.1. The van der Waals surface area contributed by atoms with Crippen molar-refractivity contribution < 1.29 is 9.47 Å². The molecule has 0 saturated heterocycles. The van der Waals surface area contributed by atoms with Crippen molar-refractivity contribution in [3.8, 4) is 22.8 Å². The maximum atomic E-state index is 5.70. The predicted octanol–water partition coefficient (Wildman–Crippen LogP) is 6.87. The molecule has 0 fully saturated rings. The van der Waals surface area contributed by atoms with Crippen LogP contribution in [0.3, 0.4) is 0 Å². The number of nitrogens with zero attached hydrogens (tertiary/aromatic N) is 2. The number of aromatic nitrogens is 1. The molecule has 0 saturated carbocycles. The minimum atomic E-state index is 0.351. The molecule has 3 aromatic carbocycles. The van der Waals surface area contributed by atoms with Crippen molar-refractivity contribution in [3.63, 3.8) is 0 Å². The Bertz CT molecular complexity index is 1190. The molecule has 162 valence electrons. The van der Waals surface area contributed by atoms with Crippen LogP contribution in [0.2, 0.25) is 0 Å². The number of thiazole rings is 1. The standard InChI is InChI=1S/C26H25N3O2S/c1-18(2)29(21-6-4-3-5-7-21)22-11-9-20(10-12-22)27-26-28-23(17-32-26)19-8-13-24-25(16-19)31-15-14-30-24/h3-13,16-18H,14-15H2,1-2H3,(H,27,28). The maximum absolute atomic E-state index is 5.70. The van der Waals surface area contributed by atoms with E-state index < -0.39 is 0 Å². The second-order valence-corrected chi connectivity index (χ2v) is 8.73. The summed E-state index contributed by atoms with van der Waals surface area (Å²) in [7, 11) is 0. The van der Waals surface area contributed by atoms with Crippen LogP contribution in [0.1, 0.15) is 13.8 Å². The summed E-state index contributed by atoms with van der Waals surface area (Å²) < 4.78 is 11.3. The van der Waals surface area contributed by atoms with Gasteiger partial charge in [-0.05, 0) is 68.4 Å². The van der Waals surface area contributed by atoms with E-state index in [-0.39, 0.29) is 0 Å². The van der Waals surface area contributed by atoms with E-state index in [4.69, 9.17) is 14.5 Å². The molecule has 6 heteroatoms. The lowest BCUT2D eigenvalue weighted by Gasteiger charge is -2.29. The molecule has 5 nitrogen and oxygen atoms in total. The first-order chi connectivity index (χ1) is 15.7. The van der Waals surface area contributed by atoms with Crippen molar-refractivity contribution in [1.29, 1.82) is 0 Å². The SMILES string of the molecule is CC(C)N(c1ccccc1)c1ccc(Nc2nc(-c3ccc4c(c3)OCCO4)cs2)cc1. The largest absolute Gasteiger partial charge is 0.486 e. The van der Waals surface area contributed by atoms with Crippen molar-refractivity contribution in [2.45, 2.75) is 19.9 Å². The monoisotopic (exact) mass is 443 g/mol. The van der Waals surface area contributed by atoms with Crippen molar-refractivity contribution in [2.75, 3.05) is 23.4 Å². The Labute approximate surface area is 192 Å². The number of ether oxygens (including phenoxy) is 2. The third kappa shape index (κ3) is 4.27. The molecule has 0 aliphatic carbocycles. The van der Waals surface area contributed by atoms with Gasteiger partial charge in [-0.1, -0.05) is 18.2 Å². The molecule has 0 amide bonds. The quantitative estimate of drug-likeness (QED) is 0.352. The molecule has 0 unspecified atom stereocenters. The highest BCUT2D eigenvalue weighted by Crippen LogP contribution is 2.36. The van der Waals surface area contributed by atoms with E-state index in [2.05, 4.69) is 78.0 Å². The molecule has 0 spiro atoms. The molecular weight excluding hydrogens is 418 g/mol. The summed E-state index contributed by atoms with van der Waals surface area (Å²) in [5.74, 6) is 1.57. The lowest BCUT2D eigenvalue weighted by Crippen LogP contribution is -2.25. The average molecular weight is 444 g/mol. The average Bonchev–Trinajstić information content (AvgIpc) is 3.29. The molecule has 1 aromatic heterocycles. The van der Waals surface area contributed by atoms with Gasteiger partial charge in [-0.25, -0.2) is 4.98 Å². The van der Waals surface area contributed by atoms with Crippen LogP contribution < -0.4 is 19.7 Å². The van der Waals surface area contributed by atoms with Gasteiger partial charge in [0.15, 0.2) is 16.6 Å². The molecular formula is C26H25N3O2S. The normalized spacial score (nSPS) is 12.6. The maximum Gasteiger partial charge on any atom is 0.187 e. The van der Waals surface area contributed by atoms with E-state index in [1.807, 2.05) is 24.3 Å². The number of para-hydroxylation sites is 1. The lowest BCUT2D eigenvalue weighted by molar-refractivity contribution is 0.171. The fourth-order valence-electron chi connectivity index (χ4n) is 3.83. The Hall–Kier alpha value is -3.51. The molecule has 1 aliphatic heterocycles. The van der Waals surface area contributed by atoms with E-state index in [9.17, 15) is 0 Å². The molecule has 1 aliphatic rings. The van der Waals surface area contributed by atoms with Crippen LogP contribution in [-0.4, -0.2) is 24.2 Å². The number of fused-ring (bicyclic) bond motifs is 1. The minimum Gasteiger partial charge on any atom is -0.486 e. The zero-order chi connectivity index (χ0) is 21.9. The number of nitrogens with one attached hydrogen (secondary N) is 1. The Morgan fingerprint density at radius 3 is 2.34 bits per heavy atom. The Morgan fingerprint density at radius 1 is 0.875 bits per heavy atom. The van der Waals surface area contributed by atoms with Crippen LogP contribution >= 0.6 is 11.3 Å². The van der Waals surface area contributed by atoms with Crippen molar-refractivity contribution in [2.24, 2.45) is 0 Å². The molecule has 1 N–H and O–H groups in total. The van der Waals surface area contributed by atoms with Gasteiger partial charge in [0.05, 0.1) is 5.69 Å². The smallest absolute Gasteiger partial charge is 0.187 e. The third-order valence-corrected chi connectivity index (χ3v) is 6.05. The van der Waals surface area contributed by atoms with Gasteiger partial charge in [0.1, 0.15) is 13.2 Å². The van der Waals surface area contributed by atoms with Gasteiger partial charge < -0.3 is 19.7 Å². The first-order valence-corrected chi connectivity index (χ1v) is 11.6. The number of benzene rings is 3. The van der Waals surface area contributed by atoms with Crippen LogP contribution in [0.25, 0.3) is 11.3 Å². The summed E-state index contributed by atoms with van der Waals surface area (Å²) in [4.78, 5) is 7.09. The minimum absolute atomic E-state index is 0.351. The predicted molar refractivity (Wildman–Crippen MR) is 132 cm³/mol. The van der Waals surface area contributed by atoms with E-state index in [0.717, 1.165) is 39.3 Å². The third-order valence-electron chi connectivity index (χ3n) is 5.29. The Balaban J connectivity index is 1.32. The van der Waals surface area contributed by atoms with Gasteiger partial charge >= 0.3 is 0 Å². The number of hydrogen-bond acceptors (Lipinski definition) is 6. The van der Waals surface area contributed by atoms with Crippen LogP contribution in [0.4, 0.5) is 22.2 Å². The zero-order valence-corrected chi connectivity index (χ0v) is 18.9. The van der Waals surface area contributed by atoms with Crippen LogP contribution in [0, 0.1) is 0 Å². The van der Waals surface area contributed by atoms with Gasteiger partial charge in [0, 0.05) is 34.0 Å². The fourth-order valence-corrected chi connectivity index (χ4v) is 4.57. The van der Waals surface area contributed by atoms with E-state index >= 15 is 0 Å². The number of hydrogen-bond donors (Lipinski definition) is 1. The second-order valence-electron chi connectivity index (χ2n) is 7.87. The highest BCUT2D eigenvalue weighted by atomic mass is 32.1. The summed E-state index contributed by atoms with van der Waals surface area (Å²) >= 11 is 1.58. The van der Waals surface area contributed by atoms with Crippen molar-refractivity contribution in [1.82, 2.24) is 4.98 Å². The summed E-state index contributed by atoms with van der Waals surface area (Å²) in [6.07, 6.45) is 0. The zero-order valence-electron chi connectivity index (χ0n) is 18.1. The molecule has 5 rings (SSSR count). The molecule has 32 heavy (non-hydrogen) atoms. The molecule has 0 radical (unpaired) electrons. The highest BCUT2D eigenvalue weighted by molar-refractivity contribution is 7.14. The summed E-state index contributed by atoms with van der Waals surface area (Å²) in [6.45, 7) is 5.58. The summed E-state index contributed by atoms with van der Waals surface area (Å²) in [5, 5.41) is 6.33. The van der Waals surface area contributed by atoms with Gasteiger partial charge in [0.25, 0.3) is 0 Å². The molecule has 0 bridgehead atoms. The Morgan fingerprint density at radius 2 is 1.59 bits per heavy atom. The first-order valence-electron chi connectivity index (χ1n) is 10.7. The Kier molecular flexibility index (Phi) is 5.69. The summed E-state index contributed by atoms with van der Waals surface area (Å²) in [6, 6.07) is 25.3. The van der Waals surface area contributed by atoms with Crippen LogP contribution in [0.15, 0.2) is 78.2 Å². The van der Waals surface area contributed by atoms with Gasteiger partial charge in [0.2, 0.25) is 0 Å². The van der Waals surface area contributed by atoms with E-state index in [0.29, 0.717) is 19.3 Å². The topological polar surface area (TPSA) is 46.6 Å². The second kappa shape index (κ2) is 8.93. The van der Waals surface area contributed by atoms with E-state index in [1.165, 1.54) is 5.69 Å². The van der Waals surface area contributed by atoms with Gasteiger partial charge in [-0.2, -0.15) is 0 Å². The highest BCUT2D eigenvalue weighted by Gasteiger charge is 2.15. The van der Waals surface area contributed by atoms with E-state index in [1.54, 1.807) is 11.3 Å². The number of anilines is 4. The summed E-state index contributed by atoms with van der Waals surface area (Å²) in [5.41, 5.74) is 5.29.